The lowest BCUT2D eigenvalue weighted by Crippen LogP contribution is -2.15. The average molecular weight is 420 g/mol. The molecular weight excluding hydrogens is 402 g/mol. The zero-order valence-corrected chi connectivity index (χ0v) is 16.5. The summed E-state index contributed by atoms with van der Waals surface area (Å²) in [4.78, 5) is 35.1. The van der Waals surface area contributed by atoms with Gasteiger partial charge in [0.1, 0.15) is 0 Å². The first-order valence-electron chi connectivity index (χ1n) is 8.29. The van der Waals surface area contributed by atoms with E-state index in [2.05, 4.69) is 5.32 Å². The van der Waals surface area contributed by atoms with Gasteiger partial charge < -0.3 is 15.2 Å². The summed E-state index contributed by atoms with van der Waals surface area (Å²) < 4.78 is 4.89. The Morgan fingerprint density at radius 2 is 1.75 bits per heavy atom. The largest absolute Gasteiger partial charge is 0.477 e. The summed E-state index contributed by atoms with van der Waals surface area (Å²) in [5.74, 6) is -2.00. The Hall–Kier alpha value is -2.77. The smallest absolute Gasteiger partial charge is 0.342 e. The van der Waals surface area contributed by atoms with Crippen molar-refractivity contribution in [2.45, 2.75) is 6.92 Å². The van der Waals surface area contributed by atoms with E-state index in [0.717, 1.165) is 11.8 Å². The molecule has 0 heterocycles. The van der Waals surface area contributed by atoms with Crippen LogP contribution >= 0.6 is 23.4 Å². The van der Waals surface area contributed by atoms with Crippen LogP contribution in [0.25, 0.3) is 6.08 Å². The number of hydrogen-bond acceptors (Lipinski definition) is 5. The van der Waals surface area contributed by atoms with Gasteiger partial charge in [-0.2, -0.15) is 0 Å². The van der Waals surface area contributed by atoms with E-state index in [1.807, 2.05) is 0 Å². The van der Waals surface area contributed by atoms with Crippen molar-refractivity contribution in [3.63, 3.8) is 0 Å². The Morgan fingerprint density at radius 3 is 2.32 bits per heavy atom. The Labute approximate surface area is 171 Å². The fourth-order valence-corrected chi connectivity index (χ4v) is 2.95. The molecule has 2 aromatic rings. The van der Waals surface area contributed by atoms with Gasteiger partial charge >= 0.3 is 11.9 Å². The maximum Gasteiger partial charge on any atom is 0.342 e. The molecule has 6 nitrogen and oxygen atoms in total. The molecule has 0 aliphatic carbocycles. The van der Waals surface area contributed by atoms with Crippen molar-refractivity contribution in [2.75, 3.05) is 17.7 Å². The number of nitrogens with one attached hydrogen (secondary N) is 1. The number of carbonyl (C=O) groups is 3. The van der Waals surface area contributed by atoms with Crippen molar-refractivity contribution in [1.29, 1.82) is 0 Å². The van der Waals surface area contributed by atoms with Gasteiger partial charge in [-0.25, -0.2) is 9.59 Å². The van der Waals surface area contributed by atoms with Crippen LogP contribution in [0.15, 0.2) is 53.4 Å². The minimum atomic E-state index is -1.12. The summed E-state index contributed by atoms with van der Waals surface area (Å²) in [7, 11) is 0. The minimum Gasteiger partial charge on any atom is -0.477 e. The van der Waals surface area contributed by atoms with E-state index in [1.54, 1.807) is 55.5 Å². The number of carboxylic acid groups (broad SMARTS) is 1. The zero-order valence-electron chi connectivity index (χ0n) is 15.0. The number of hydrogen-bond donors (Lipinski definition) is 2. The quantitative estimate of drug-likeness (QED) is 0.489. The molecule has 2 N–H and O–H groups in total. The second kappa shape index (κ2) is 10.5. The molecule has 0 aliphatic heterocycles. The number of halogens is 1. The van der Waals surface area contributed by atoms with E-state index in [9.17, 15) is 19.5 Å². The number of thioether (sulfide) groups is 1. The van der Waals surface area contributed by atoms with Gasteiger partial charge in [-0.15, -0.1) is 11.8 Å². The lowest BCUT2D eigenvalue weighted by molar-refractivity contribution is -0.131. The van der Waals surface area contributed by atoms with E-state index in [-0.39, 0.29) is 23.2 Å². The lowest BCUT2D eigenvalue weighted by Gasteiger charge is -2.07. The predicted molar refractivity (Wildman–Crippen MR) is 111 cm³/mol. The molecule has 28 heavy (non-hydrogen) atoms. The van der Waals surface area contributed by atoms with Gasteiger partial charge in [0.15, 0.2) is 0 Å². The first kappa shape index (κ1) is 21.5. The number of carbonyl (C=O) groups excluding carboxylic acids is 2. The Balaban J connectivity index is 1.95. The molecule has 1 amide bonds. The van der Waals surface area contributed by atoms with E-state index < -0.39 is 11.9 Å². The number of carboxylic acids is 1. The number of ether oxygens (including phenoxy) is 1. The molecule has 0 fully saturated rings. The molecule has 0 bridgehead atoms. The van der Waals surface area contributed by atoms with Crippen LogP contribution in [0, 0.1) is 0 Å². The van der Waals surface area contributed by atoms with Crippen LogP contribution in [-0.4, -0.2) is 35.3 Å². The number of aliphatic carboxylic acids is 1. The van der Waals surface area contributed by atoms with Crippen LogP contribution in [0.5, 0.6) is 0 Å². The molecule has 0 saturated heterocycles. The third kappa shape index (κ3) is 6.75. The molecule has 0 aromatic heterocycles. The van der Waals surface area contributed by atoms with Crippen molar-refractivity contribution >= 4 is 53.0 Å². The van der Waals surface area contributed by atoms with Crippen molar-refractivity contribution in [2.24, 2.45) is 0 Å². The van der Waals surface area contributed by atoms with Crippen LogP contribution in [-0.2, 0) is 14.3 Å². The molecule has 0 saturated carbocycles. The standard InChI is InChI=1S/C20H18ClNO5S/c1-2-27-20(26)14-5-9-16(10-6-14)22-18(23)12-28-17(19(24)25)11-13-3-7-15(21)8-4-13/h3-11H,2,12H2,1H3,(H,22,23)(H,24,25)/b17-11+. The van der Waals surface area contributed by atoms with Gasteiger partial charge in [-0.1, -0.05) is 23.7 Å². The van der Waals surface area contributed by atoms with Crippen LogP contribution < -0.4 is 5.32 Å². The third-order valence-corrected chi connectivity index (χ3v) is 4.68. The normalized spacial score (nSPS) is 11.0. The van der Waals surface area contributed by atoms with Crippen molar-refractivity contribution in [1.82, 2.24) is 0 Å². The van der Waals surface area contributed by atoms with Crippen LogP contribution in [0.3, 0.4) is 0 Å². The summed E-state index contributed by atoms with van der Waals surface area (Å²) in [5.41, 5.74) is 1.55. The van der Waals surface area contributed by atoms with E-state index in [4.69, 9.17) is 16.3 Å². The van der Waals surface area contributed by atoms with Gasteiger partial charge in [0, 0.05) is 10.7 Å². The second-order valence-corrected chi connectivity index (χ2v) is 6.95. The highest BCUT2D eigenvalue weighted by molar-refractivity contribution is 8.04. The van der Waals surface area contributed by atoms with Gasteiger partial charge in [0.25, 0.3) is 0 Å². The summed E-state index contributed by atoms with van der Waals surface area (Å²) >= 11 is 6.73. The molecule has 0 radical (unpaired) electrons. The van der Waals surface area contributed by atoms with Gasteiger partial charge in [0.05, 0.1) is 22.8 Å². The molecule has 0 atom stereocenters. The zero-order chi connectivity index (χ0) is 20.5. The van der Waals surface area contributed by atoms with Gasteiger partial charge in [-0.3, -0.25) is 4.79 Å². The first-order chi connectivity index (χ1) is 13.4. The molecule has 8 heteroatoms. The highest BCUT2D eigenvalue weighted by Crippen LogP contribution is 2.21. The van der Waals surface area contributed by atoms with Crippen LogP contribution in [0.2, 0.25) is 5.02 Å². The summed E-state index contributed by atoms with van der Waals surface area (Å²) in [6, 6.07) is 12.9. The monoisotopic (exact) mass is 419 g/mol. The number of amides is 1. The molecule has 0 aliphatic rings. The summed E-state index contributed by atoms with van der Waals surface area (Å²) in [6.45, 7) is 2.00. The number of rotatable bonds is 8. The predicted octanol–water partition coefficient (Wildman–Crippen LogP) is 4.31. The molecule has 0 spiro atoms. The molecule has 146 valence electrons. The van der Waals surface area contributed by atoms with E-state index in [1.165, 1.54) is 6.08 Å². The summed E-state index contributed by atoms with van der Waals surface area (Å²) in [6.07, 6.45) is 1.48. The third-order valence-electron chi connectivity index (χ3n) is 3.42. The van der Waals surface area contributed by atoms with Gasteiger partial charge in [0.2, 0.25) is 5.91 Å². The molecule has 2 aromatic carbocycles. The molecule has 2 rings (SSSR count). The van der Waals surface area contributed by atoms with Crippen molar-refractivity contribution in [3.8, 4) is 0 Å². The van der Waals surface area contributed by atoms with E-state index in [0.29, 0.717) is 21.8 Å². The topological polar surface area (TPSA) is 92.7 Å². The Bertz CT molecular complexity index is 878. The summed E-state index contributed by atoms with van der Waals surface area (Å²) in [5, 5.41) is 12.5. The number of esters is 1. The number of benzene rings is 2. The van der Waals surface area contributed by atoms with Crippen LogP contribution in [0.4, 0.5) is 5.69 Å². The molecular formula is C20H18ClNO5S. The maximum absolute atomic E-state index is 12.1. The number of anilines is 1. The fourth-order valence-electron chi connectivity index (χ4n) is 2.12. The Kier molecular flexibility index (Phi) is 8.10. The second-order valence-electron chi connectivity index (χ2n) is 5.50. The Morgan fingerprint density at radius 1 is 1.11 bits per heavy atom. The lowest BCUT2D eigenvalue weighted by atomic mass is 10.2. The highest BCUT2D eigenvalue weighted by Gasteiger charge is 2.12. The SMILES string of the molecule is CCOC(=O)c1ccc(NC(=O)CS/C(=C/c2ccc(Cl)cc2)C(=O)O)cc1. The first-order valence-corrected chi connectivity index (χ1v) is 9.65. The van der Waals surface area contributed by atoms with E-state index >= 15 is 0 Å². The average Bonchev–Trinajstić information content (AvgIpc) is 2.67. The van der Waals surface area contributed by atoms with Crippen molar-refractivity contribution in [3.05, 3.63) is 69.6 Å². The maximum atomic E-state index is 12.1. The molecule has 0 unspecified atom stereocenters. The minimum absolute atomic E-state index is 0.0372. The highest BCUT2D eigenvalue weighted by atomic mass is 35.5. The van der Waals surface area contributed by atoms with Crippen LogP contribution in [0.1, 0.15) is 22.8 Å². The van der Waals surface area contributed by atoms with Crippen molar-refractivity contribution < 1.29 is 24.2 Å². The fraction of sp³-hybridized carbons (Fsp3) is 0.150. The van der Waals surface area contributed by atoms with Gasteiger partial charge in [-0.05, 0) is 55.0 Å².